The van der Waals surface area contributed by atoms with Crippen LogP contribution in [0, 0.1) is 0 Å². The lowest BCUT2D eigenvalue weighted by molar-refractivity contribution is -0.927. The highest BCUT2D eigenvalue weighted by Crippen LogP contribution is 2.33. The van der Waals surface area contributed by atoms with E-state index in [1.165, 1.54) is 44.5 Å². The van der Waals surface area contributed by atoms with Gasteiger partial charge in [0.25, 0.3) is 0 Å². The Balaban J connectivity index is 0.00000253. The number of nitrogens with zero attached hydrogens (tertiary/aromatic N) is 1. The van der Waals surface area contributed by atoms with E-state index in [0.717, 1.165) is 38.9 Å². The summed E-state index contributed by atoms with van der Waals surface area (Å²) < 4.78 is 2.57. The van der Waals surface area contributed by atoms with Crippen molar-refractivity contribution in [2.45, 2.75) is 32.4 Å². The highest BCUT2D eigenvalue weighted by Gasteiger charge is 2.20. The zero-order valence-corrected chi connectivity index (χ0v) is 20.7. The minimum Gasteiger partial charge on any atom is -1.00 e. The third kappa shape index (κ3) is 4.91. The maximum absolute atomic E-state index is 2.57. The number of hydrogen-bond donors (Lipinski definition) is 1. The molecule has 0 saturated heterocycles. The number of hydrogen-bond acceptors (Lipinski definition) is 0. The standard InChI is InChI=1S/C32H30N2.ClH/c1-3-10-25(11-4-1)23-33(24-26-12-5-2-6-13-26)21-20-30-22-29-16-9-15-28-19-18-27-14-7-8-17-31(27)34(30)32(28)29;/h1-17,22H,18-21,23-24H2;1H. The molecule has 176 valence electrons. The van der Waals surface area contributed by atoms with Crippen LogP contribution < -0.4 is 17.3 Å². The number of aryl methyl sites for hydroxylation is 2. The molecule has 1 aliphatic rings. The van der Waals surface area contributed by atoms with Crippen LogP contribution in [0.15, 0.2) is 109 Å². The van der Waals surface area contributed by atoms with Crippen molar-refractivity contribution in [3.8, 4) is 5.69 Å². The molecule has 0 spiro atoms. The molecule has 2 nitrogen and oxygen atoms in total. The minimum atomic E-state index is 0. The smallest absolute Gasteiger partial charge is 0.103 e. The third-order valence-electron chi connectivity index (χ3n) is 7.21. The molecule has 1 aromatic heterocycles. The lowest BCUT2D eigenvalue weighted by Gasteiger charge is -2.21. The van der Waals surface area contributed by atoms with Gasteiger partial charge in [0.15, 0.2) is 0 Å². The molecule has 0 amide bonds. The summed E-state index contributed by atoms with van der Waals surface area (Å²) in [7, 11) is 0. The summed E-state index contributed by atoms with van der Waals surface area (Å²) in [6, 6.07) is 40.1. The average Bonchev–Trinajstić information content (AvgIpc) is 3.17. The van der Waals surface area contributed by atoms with Crippen LogP contribution in [0.2, 0.25) is 0 Å². The highest BCUT2D eigenvalue weighted by atomic mass is 35.5. The van der Waals surface area contributed by atoms with Crippen molar-refractivity contribution in [2.75, 3.05) is 6.54 Å². The fourth-order valence-electron chi connectivity index (χ4n) is 5.57. The van der Waals surface area contributed by atoms with Crippen molar-refractivity contribution in [2.24, 2.45) is 0 Å². The Kier molecular flexibility index (Phi) is 7.03. The third-order valence-corrected chi connectivity index (χ3v) is 7.21. The van der Waals surface area contributed by atoms with Gasteiger partial charge in [0.1, 0.15) is 13.1 Å². The van der Waals surface area contributed by atoms with Crippen molar-refractivity contribution >= 4 is 10.9 Å². The van der Waals surface area contributed by atoms with E-state index < -0.39 is 0 Å². The number of rotatable bonds is 7. The molecule has 0 radical (unpaired) electrons. The van der Waals surface area contributed by atoms with Gasteiger partial charge >= 0.3 is 0 Å². The first-order chi connectivity index (χ1) is 16.8. The van der Waals surface area contributed by atoms with Gasteiger partial charge in [-0.25, -0.2) is 0 Å². The van der Waals surface area contributed by atoms with Gasteiger partial charge in [0.2, 0.25) is 0 Å². The van der Waals surface area contributed by atoms with Crippen LogP contribution >= 0.6 is 0 Å². The number of halogens is 1. The lowest BCUT2D eigenvalue weighted by atomic mass is 10.0. The Morgan fingerprint density at radius 1 is 0.629 bits per heavy atom. The van der Waals surface area contributed by atoms with E-state index in [2.05, 4.69) is 114 Å². The van der Waals surface area contributed by atoms with Gasteiger partial charge in [-0.3, -0.25) is 0 Å². The second-order valence-electron chi connectivity index (χ2n) is 9.53. The molecule has 2 heterocycles. The molecule has 5 aromatic rings. The zero-order valence-electron chi connectivity index (χ0n) is 20.0. The van der Waals surface area contributed by atoms with Crippen LogP contribution in [-0.4, -0.2) is 11.1 Å². The lowest BCUT2D eigenvalue weighted by Crippen LogP contribution is -3.09. The average molecular weight is 479 g/mol. The molecule has 3 heteroatoms. The van der Waals surface area contributed by atoms with Gasteiger partial charge in [-0.15, -0.1) is 0 Å². The Bertz CT molecular complexity index is 1360. The summed E-state index contributed by atoms with van der Waals surface area (Å²) in [6.45, 7) is 3.17. The Morgan fingerprint density at radius 2 is 1.23 bits per heavy atom. The first-order valence-electron chi connectivity index (χ1n) is 12.5. The van der Waals surface area contributed by atoms with Crippen molar-refractivity contribution < 1.29 is 17.3 Å². The molecule has 0 atom stereocenters. The summed E-state index contributed by atoms with van der Waals surface area (Å²) in [4.78, 5) is 1.59. The number of benzene rings is 4. The Labute approximate surface area is 214 Å². The second kappa shape index (κ2) is 10.5. The van der Waals surface area contributed by atoms with Crippen LogP contribution in [0.5, 0.6) is 0 Å². The van der Waals surface area contributed by atoms with Crippen molar-refractivity contribution in [1.29, 1.82) is 0 Å². The SMILES string of the molecule is [Cl-].c1ccc(C[NH+](CCc2cc3cccc4c3n2-c2ccccc2CC4)Cc2ccccc2)cc1. The molecule has 4 aromatic carbocycles. The van der Waals surface area contributed by atoms with Crippen LogP contribution in [0.3, 0.4) is 0 Å². The minimum absolute atomic E-state index is 0. The molecule has 0 saturated carbocycles. The number of nitrogens with one attached hydrogen (secondary N) is 1. The van der Waals surface area contributed by atoms with Crippen molar-refractivity contribution in [3.63, 3.8) is 0 Å². The second-order valence-corrected chi connectivity index (χ2v) is 9.53. The van der Waals surface area contributed by atoms with E-state index in [-0.39, 0.29) is 12.4 Å². The molecule has 0 aliphatic carbocycles. The van der Waals surface area contributed by atoms with E-state index in [1.807, 2.05) is 0 Å². The molecule has 35 heavy (non-hydrogen) atoms. The molecule has 6 rings (SSSR count). The Morgan fingerprint density at radius 3 is 1.94 bits per heavy atom. The molecule has 1 N–H and O–H groups in total. The summed E-state index contributed by atoms with van der Waals surface area (Å²) in [5, 5.41) is 1.37. The largest absolute Gasteiger partial charge is 1.00 e. The normalized spacial score (nSPS) is 12.3. The quantitative estimate of drug-likeness (QED) is 0.368. The maximum Gasteiger partial charge on any atom is 0.103 e. The predicted molar refractivity (Wildman–Crippen MR) is 141 cm³/mol. The van der Waals surface area contributed by atoms with E-state index >= 15 is 0 Å². The maximum atomic E-state index is 2.57. The molecule has 1 aliphatic heterocycles. The fraction of sp³-hybridized carbons (Fsp3) is 0.188. The topological polar surface area (TPSA) is 9.37 Å². The van der Waals surface area contributed by atoms with E-state index in [4.69, 9.17) is 0 Å². The summed E-state index contributed by atoms with van der Waals surface area (Å²) >= 11 is 0. The van der Waals surface area contributed by atoms with Gasteiger partial charge in [-0.05, 0) is 36.1 Å². The monoisotopic (exact) mass is 478 g/mol. The van der Waals surface area contributed by atoms with E-state index in [0.29, 0.717) is 0 Å². The molecule has 0 fully saturated rings. The summed E-state index contributed by atoms with van der Waals surface area (Å²) in [6.07, 6.45) is 3.27. The van der Waals surface area contributed by atoms with Crippen molar-refractivity contribution in [3.05, 3.63) is 137 Å². The van der Waals surface area contributed by atoms with Crippen molar-refractivity contribution in [1.82, 2.24) is 4.57 Å². The highest BCUT2D eigenvalue weighted by molar-refractivity contribution is 5.87. The molecular weight excluding hydrogens is 448 g/mol. The van der Waals surface area contributed by atoms with Crippen LogP contribution in [0.4, 0.5) is 0 Å². The first-order valence-corrected chi connectivity index (χ1v) is 12.5. The number of quaternary nitrogens is 1. The number of fused-ring (bicyclic) bond motifs is 2. The van der Waals surface area contributed by atoms with Crippen LogP contribution in [0.25, 0.3) is 16.6 Å². The zero-order chi connectivity index (χ0) is 22.7. The molecular formula is C32H31ClN2. The number of para-hydroxylation sites is 2. The van der Waals surface area contributed by atoms with Gasteiger partial charge < -0.3 is 21.9 Å². The predicted octanol–water partition coefficient (Wildman–Crippen LogP) is 2.56. The first kappa shape index (κ1) is 23.4. The van der Waals surface area contributed by atoms with E-state index in [1.54, 1.807) is 4.90 Å². The fourth-order valence-corrected chi connectivity index (χ4v) is 5.57. The summed E-state index contributed by atoms with van der Waals surface area (Å²) in [5.74, 6) is 0. The van der Waals surface area contributed by atoms with Gasteiger partial charge in [0.05, 0.1) is 12.1 Å². The van der Waals surface area contributed by atoms with Gasteiger partial charge in [0, 0.05) is 34.3 Å². The van der Waals surface area contributed by atoms with Crippen LogP contribution in [0.1, 0.15) is 27.9 Å². The van der Waals surface area contributed by atoms with Crippen LogP contribution in [-0.2, 0) is 32.4 Å². The van der Waals surface area contributed by atoms with E-state index in [9.17, 15) is 0 Å². The Hall–Kier alpha value is -3.33. The van der Waals surface area contributed by atoms with Gasteiger partial charge in [-0.2, -0.15) is 0 Å². The van der Waals surface area contributed by atoms with Gasteiger partial charge in [-0.1, -0.05) is 97.1 Å². The number of aromatic nitrogens is 1. The molecule has 0 bridgehead atoms. The molecule has 0 unspecified atom stereocenters. The summed E-state index contributed by atoms with van der Waals surface area (Å²) in [5.41, 5.74) is 9.93.